The molecule has 0 amide bonds. The quantitative estimate of drug-likeness (QED) is 0.584. The van der Waals surface area contributed by atoms with E-state index in [0.717, 1.165) is 12.8 Å². The highest BCUT2D eigenvalue weighted by molar-refractivity contribution is 8.14. The third-order valence-electron chi connectivity index (χ3n) is 3.59. The molecule has 2 aliphatic rings. The van der Waals surface area contributed by atoms with E-state index in [1.165, 1.54) is 18.0 Å². The molecule has 2 fully saturated rings. The fourth-order valence-corrected chi connectivity index (χ4v) is 4.35. The predicted molar refractivity (Wildman–Crippen MR) is 68.9 cm³/mol. The number of hydrogen-bond donors (Lipinski definition) is 0. The second-order valence-electron chi connectivity index (χ2n) is 5.09. The molecule has 0 spiro atoms. The molecule has 1 aliphatic carbocycles. The van der Waals surface area contributed by atoms with Crippen LogP contribution in [-0.4, -0.2) is 43.3 Å². The highest BCUT2D eigenvalue weighted by atomic mass is 32.2. The van der Waals surface area contributed by atoms with Crippen molar-refractivity contribution in [3.63, 3.8) is 0 Å². The molecule has 1 saturated heterocycles. The summed E-state index contributed by atoms with van der Waals surface area (Å²) in [5.41, 5.74) is 0. The van der Waals surface area contributed by atoms with Gasteiger partial charge < -0.3 is 4.90 Å². The fraction of sp³-hybridized carbons (Fsp3) is 0.909. The van der Waals surface area contributed by atoms with E-state index < -0.39 is 0 Å². The average Bonchev–Trinajstić information content (AvgIpc) is 2.37. The summed E-state index contributed by atoms with van der Waals surface area (Å²) in [6.45, 7) is 2.19. The third-order valence-corrected chi connectivity index (χ3v) is 5.06. The van der Waals surface area contributed by atoms with Crippen LogP contribution in [0.2, 0.25) is 5.31 Å². The van der Waals surface area contributed by atoms with Crippen LogP contribution in [0, 0.1) is 0 Å². The minimum absolute atomic E-state index is 0.0243. The lowest BCUT2D eigenvalue weighted by molar-refractivity contribution is 0.354. The van der Waals surface area contributed by atoms with Gasteiger partial charge in [0, 0.05) is 25.4 Å². The summed E-state index contributed by atoms with van der Waals surface area (Å²) < 4.78 is 0. The number of rotatable bonds is 0. The van der Waals surface area contributed by atoms with E-state index in [4.69, 9.17) is 7.85 Å². The molecule has 0 N–H and O–H groups in total. The monoisotopic (exact) mass is 222 g/mol. The first-order valence-corrected chi connectivity index (χ1v) is 6.56. The van der Waals surface area contributed by atoms with Crippen molar-refractivity contribution in [2.75, 3.05) is 14.1 Å². The van der Waals surface area contributed by atoms with Crippen LogP contribution in [-0.2, 0) is 0 Å². The van der Waals surface area contributed by atoms with Gasteiger partial charge in [-0.3, -0.25) is 4.99 Å². The lowest BCUT2D eigenvalue weighted by atomic mass is 9.65. The molecule has 0 aromatic carbocycles. The van der Waals surface area contributed by atoms with Crippen molar-refractivity contribution in [2.24, 2.45) is 4.99 Å². The van der Waals surface area contributed by atoms with E-state index in [0.29, 0.717) is 11.3 Å². The zero-order valence-corrected chi connectivity index (χ0v) is 10.7. The Balaban J connectivity index is 2.16. The maximum atomic E-state index is 6.29. The Kier molecular flexibility index (Phi) is 3.06. The molecule has 3 atom stereocenters. The van der Waals surface area contributed by atoms with Gasteiger partial charge in [0.2, 0.25) is 0 Å². The summed E-state index contributed by atoms with van der Waals surface area (Å²) >= 11 is 1.91. The van der Waals surface area contributed by atoms with Gasteiger partial charge in [0.1, 0.15) is 0 Å². The van der Waals surface area contributed by atoms with Crippen molar-refractivity contribution in [3.8, 4) is 0 Å². The van der Waals surface area contributed by atoms with Gasteiger partial charge in [0.05, 0.1) is 7.85 Å². The van der Waals surface area contributed by atoms with Crippen LogP contribution >= 0.6 is 11.8 Å². The minimum atomic E-state index is 0.0243. The largest absolute Gasteiger partial charge is 0.350 e. The number of nitrogens with zero attached hydrogens (tertiary/aromatic N) is 2. The average molecular weight is 222 g/mol. The number of hydrogen-bond acceptors (Lipinski definition) is 2. The van der Waals surface area contributed by atoms with Crippen LogP contribution in [0.5, 0.6) is 0 Å². The first-order valence-electron chi connectivity index (χ1n) is 5.69. The summed E-state index contributed by atoms with van der Waals surface area (Å²) in [7, 11) is 10.3. The minimum Gasteiger partial charge on any atom is -0.350 e. The lowest BCUT2D eigenvalue weighted by Gasteiger charge is -2.26. The Morgan fingerprint density at radius 2 is 2.33 bits per heavy atom. The normalized spacial score (nSPS) is 44.2. The van der Waals surface area contributed by atoms with Gasteiger partial charge in [-0.2, -0.15) is 0 Å². The van der Waals surface area contributed by atoms with Crippen molar-refractivity contribution < 1.29 is 0 Å². The first-order chi connectivity index (χ1) is 7.03. The van der Waals surface area contributed by atoms with E-state index >= 15 is 0 Å². The first kappa shape index (κ1) is 11.4. The van der Waals surface area contributed by atoms with E-state index in [1.807, 2.05) is 18.8 Å². The summed E-state index contributed by atoms with van der Waals surface area (Å²) in [6, 6.07) is 0.652. The topological polar surface area (TPSA) is 15.6 Å². The number of aliphatic imine (C=N–C) groups is 1. The van der Waals surface area contributed by atoms with Crippen LogP contribution in [0.4, 0.5) is 0 Å². The lowest BCUT2D eigenvalue weighted by Crippen LogP contribution is -2.33. The summed E-state index contributed by atoms with van der Waals surface area (Å²) in [6.07, 6.45) is 4.79. The van der Waals surface area contributed by atoms with E-state index in [-0.39, 0.29) is 5.31 Å². The molecule has 2 nitrogen and oxygen atoms in total. The summed E-state index contributed by atoms with van der Waals surface area (Å²) in [5, 5.41) is 1.85. The molecule has 2 rings (SSSR count). The molecule has 1 heterocycles. The zero-order valence-electron chi connectivity index (χ0n) is 9.86. The molecule has 82 valence electrons. The molecule has 15 heavy (non-hydrogen) atoms. The van der Waals surface area contributed by atoms with E-state index in [9.17, 15) is 0 Å². The predicted octanol–water partition coefficient (Wildman–Crippen LogP) is 2.31. The summed E-state index contributed by atoms with van der Waals surface area (Å²) in [4.78, 5) is 6.68. The van der Waals surface area contributed by atoms with Crippen LogP contribution in [0.15, 0.2) is 4.99 Å². The van der Waals surface area contributed by atoms with Crippen molar-refractivity contribution in [1.82, 2.24) is 4.90 Å². The Morgan fingerprint density at radius 3 is 3.00 bits per heavy atom. The molecular formula is C11H19BN2S. The Bertz CT molecular complexity index is 278. The van der Waals surface area contributed by atoms with Gasteiger partial charge in [-0.05, 0) is 12.8 Å². The Labute approximate surface area is 98.3 Å². The summed E-state index contributed by atoms with van der Waals surface area (Å²) in [5.74, 6) is 0. The standard InChI is InChI=1S/C11H19BN2S/c1-11(12)6-4-5-8-9(7-11)15-10(13-2)14(8)3/h8-9H,4-7H2,1-3H3. The fourth-order valence-electron chi connectivity index (χ4n) is 2.73. The van der Waals surface area contributed by atoms with Gasteiger partial charge in [-0.25, -0.2) is 0 Å². The van der Waals surface area contributed by atoms with Crippen LogP contribution in [0.1, 0.15) is 32.6 Å². The zero-order chi connectivity index (χ0) is 11.1. The molecule has 1 saturated carbocycles. The Morgan fingerprint density at radius 1 is 1.60 bits per heavy atom. The van der Waals surface area contributed by atoms with Crippen molar-refractivity contribution >= 4 is 24.8 Å². The number of thioether (sulfide) groups is 1. The smallest absolute Gasteiger partial charge is 0.159 e. The molecule has 1 aliphatic heterocycles. The molecule has 0 bridgehead atoms. The molecule has 2 radical (unpaired) electrons. The van der Waals surface area contributed by atoms with Gasteiger partial charge in [-0.15, -0.1) is 0 Å². The maximum absolute atomic E-state index is 6.29. The highest BCUT2D eigenvalue weighted by Crippen LogP contribution is 2.46. The molecule has 0 aromatic heterocycles. The van der Waals surface area contributed by atoms with E-state index in [2.05, 4.69) is 23.9 Å². The number of fused-ring (bicyclic) bond motifs is 1. The van der Waals surface area contributed by atoms with E-state index in [1.54, 1.807) is 0 Å². The van der Waals surface area contributed by atoms with Gasteiger partial charge in [-0.1, -0.05) is 36.8 Å². The molecule has 3 unspecified atom stereocenters. The molecule has 4 heteroatoms. The van der Waals surface area contributed by atoms with Crippen LogP contribution in [0.25, 0.3) is 0 Å². The second-order valence-corrected chi connectivity index (χ2v) is 6.30. The maximum Gasteiger partial charge on any atom is 0.159 e. The van der Waals surface area contributed by atoms with Gasteiger partial charge >= 0.3 is 0 Å². The second kappa shape index (κ2) is 4.04. The van der Waals surface area contributed by atoms with Gasteiger partial charge in [0.15, 0.2) is 5.17 Å². The number of amidine groups is 1. The Hall–Kier alpha value is -0.115. The third kappa shape index (κ3) is 2.20. The van der Waals surface area contributed by atoms with Crippen molar-refractivity contribution in [3.05, 3.63) is 0 Å². The SMILES string of the molecule is [B]C1(C)CCCC2C(C1)SC(=NC)N2C. The van der Waals surface area contributed by atoms with Crippen molar-refractivity contribution in [1.29, 1.82) is 0 Å². The van der Waals surface area contributed by atoms with Crippen LogP contribution < -0.4 is 0 Å². The molecule has 0 aromatic rings. The van der Waals surface area contributed by atoms with Gasteiger partial charge in [0.25, 0.3) is 0 Å². The van der Waals surface area contributed by atoms with Crippen LogP contribution in [0.3, 0.4) is 0 Å². The van der Waals surface area contributed by atoms with Crippen molar-refractivity contribution in [2.45, 2.75) is 49.2 Å². The highest BCUT2D eigenvalue weighted by Gasteiger charge is 2.41. The molecular weight excluding hydrogens is 203 g/mol.